The Morgan fingerprint density at radius 1 is 1.26 bits per heavy atom. The fourth-order valence-electron chi connectivity index (χ4n) is 2.17. The maximum atomic E-state index is 13.7. The SMILES string of the molecule is CCNC(Cc1cccc(F)c1F)c1occc1C. The number of benzene rings is 1. The van der Waals surface area contributed by atoms with Crippen molar-refractivity contribution in [1.29, 1.82) is 0 Å². The highest BCUT2D eigenvalue weighted by Crippen LogP contribution is 2.24. The molecule has 1 N–H and O–H groups in total. The number of rotatable bonds is 5. The molecule has 0 spiro atoms. The van der Waals surface area contributed by atoms with E-state index in [1.54, 1.807) is 12.3 Å². The Hall–Kier alpha value is -1.68. The molecular formula is C15H17F2NO. The van der Waals surface area contributed by atoms with Crippen LogP contribution in [0.15, 0.2) is 34.9 Å². The van der Waals surface area contributed by atoms with Gasteiger partial charge in [0, 0.05) is 0 Å². The second-order valence-electron chi connectivity index (χ2n) is 4.50. The normalized spacial score (nSPS) is 12.6. The van der Waals surface area contributed by atoms with E-state index in [2.05, 4.69) is 5.32 Å². The molecule has 0 fully saturated rings. The Balaban J connectivity index is 2.27. The first-order chi connectivity index (χ1) is 9.13. The number of halogens is 2. The van der Waals surface area contributed by atoms with E-state index in [1.165, 1.54) is 6.07 Å². The highest BCUT2D eigenvalue weighted by Gasteiger charge is 2.19. The topological polar surface area (TPSA) is 25.2 Å². The van der Waals surface area contributed by atoms with Crippen LogP contribution >= 0.6 is 0 Å². The van der Waals surface area contributed by atoms with Gasteiger partial charge in [-0.25, -0.2) is 8.78 Å². The maximum absolute atomic E-state index is 13.7. The van der Waals surface area contributed by atoms with Gasteiger partial charge < -0.3 is 9.73 Å². The molecule has 1 unspecified atom stereocenters. The van der Waals surface area contributed by atoms with E-state index in [0.29, 0.717) is 12.0 Å². The number of furan rings is 1. The van der Waals surface area contributed by atoms with Gasteiger partial charge in [0.1, 0.15) is 5.76 Å². The molecule has 1 atom stereocenters. The van der Waals surface area contributed by atoms with E-state index >= 15 is 0 Å². The van der Waals surface area contributed by atoms with Crippen molar-refractivity contribution < 1.29 is 13.2 Å². The van der Waals surface area contributed by atoms with Gasteiger partial charge in [-0.2, -0.15) is 0 Å². The van der Waals surface area contributed by atoms with E-state index in [-0.39, 0.29) is 6.04 Å². The molecule has 4 heteroatoms. The average molecular weight is 265 g/mol. The molecule has 102 valence electrons. The Kier molecular flexibility index (Phi) is 4.32. The van der Waals surface area contributed by atoms with Crippen LogP contribution in [0.25, 0.3) is 0 Å². The number of nitrogens with one attached hydrogen (secondary N) is 1. The van der Waals surface area contributed by atoms with Crippen molar-refractivity contribution in [2.45, 2.75) is 26.3 Å². The molecular weight excluding hydrogens is 248 g/mol. The van der Waals surface area contributed by atoms with Crippen LogP contribution in [0, 0.1) is 18.6 Å². The molecule has 0 aliphatic rings. The number of hydrogen-bond donors (Lipinski definition) is 1. The summed E-state index contributed by atoms with van der Waals surface area (Å²) < 4.78 is 32.4. The van der Waals surface area contributed by atoms with Crippen LogP contribution < -0.4 is 5.32 Å². The second-order valence-corrected chi connectivity index (χ2v) is 4.50. The lowest BCUT2D eigenvalue weighted by atomic mass is 10.0. The minimum atomic E-state index is -0.816. The molecule has 0 bridgehead atoms. The summed E-state index contributed by atoms with van der Waals surface area (Å²) >= 11 is 0. The first kappa shape index (κ1) is 13.7. The summed E-state index contributed by atoms with van der Waals surface area (Å²) in [6.45, 7) is 4.63. The fourth-order valence-corrected chi connectivity index (χ4v) is 2.17. The van der Waals surface area contributed by atoms with Crippen LogP contribution in [-0.2, 0) is 6.42 Å². The van der Waals surface area contributed by atoms with Crippen molar-refractivity contribution in [1.82, 2.24) is 5.32 Å². The van der Waals surface area contributed by atoms with Crippen LogP contribution in [0.3, 0.4) is 0 Å². The lowest BCUT2D eigenvalue weighted by Gasteiger charge is -2.17. The molecule has 1 aromatic carbocycles. The highest BCUT2D eigenvalue weighted by atomic mass is 19.2. The largest absolute Gasteiger partial charge is 0.467 e. The predicted octanol–water partition coefficient (Wildman–Crippen LogP) is 3.76. The second kappa shape index (κ2) is 5.97. The molecule has 0 saturated heterocycles. The van der Waals surface area contributed by atoms with Crippen LogP contribution in [-0.4, -0.2) is 6.54 Å². The minimum Gasteiger partial charge on any atom is -0.467 e. The quantitative estimate of drug-likeness (QED) is 0.890. The zero-order valence-electron chi connectivity index (χ0n) is 11.0. The smallest absolute Gasteiger partial charge is 0.162 e. The maximum Gasteiger partial charge on any atom is 0.162 e. The molecule has 19 heavy (non-hydrogen) atoms. The van der Waals surface area contributed by atoms with Gasteiger partial charge in [0.25, 0.3) is 0 Å². The minimum absolute atomic E-state index is 0.156. The predicted molar refractivity (Wildman–Crippen MR) is 69.9 cm³/mol. The van der Waals surface area contributed by atoms with E-state index in [1.807, 2.05) is 19.9 Å². The van der Waals surface area contributed by atoms with Crippen molar-refractivity contribution in [3.8, 4) is 0 Å². The lowest BCUT2D eigenvalue weighted by molar-refractivity contribution is 0.406. The molecule has 0 aliphatic heterocycles. The summed E-state index contributed by atoms with van der Waals surface area (Å²) in [5, 5.41) is 3.24. The van der Waals surface area contributed by atoms with E-state index in [9.17, 15) is 8.78 Å². The van der Waals surface area contributed by atoms with Gasteiger partial charge in [-0.1, -0.05) is 19.1 Å². The van der Waals surface area contributed by atoms with Crippen molar-refractivity contribution in [2.75, 3.05) is 6.54 Å². The molecule has 2 aromatic rings. The average Bonchev–Trinajstić information content (AvgIpc) is 2.80. The van der Waals surface area contributed by atoms with Gasteiger partial charge in [0.05, 0.1) is 12.3 Å². The van der Waals surface area contributed by atoms with Crippen LogP contribution in [0.1, 0.15) is 29.9 Å². The Morgan fingerprint density at radius 3 is 2.68 bits per heavy atom. The lowest BCUT2D eigenvalue weighted by Crippen LogP contribution is -2.23. The monoisotopic (exact) mass is 265 g/mol. The van der Waals surface area contributed by atoms with Crippen molar-refractivity contribution >= 4 is 0 Å². The summed E-state index contributed by atoms with van der Waals surface area (Å²) in [7, 11) is 0. The third kappa shape index (κ3) is 3.01. The summed E-state index contributed by atoms with van der Waals surface area (Å²) in [5.74, 6) is -0.830. The van der Waals surface area contributed by atoms with E-state index < -0.39 is 11.6 Å². The summed E-state index contributed by atoms with van der Waals surface area (Å²) in [6.07, 6.45) is 1.96. The number of likely N-dealkylation sites (N-methyl/N-ethyl adjacent to an activating group) is 1. The zero-order chi connectivity index (χ0) is 13.8. The van der Waals surface area contributed by atoms with Gasteiger partial charge >= 0.3 is 0 Å². The molecule has 1 heterocycles. The fraction of sp³-hybridized carbons (Fsp3) is 0.333. The highest BCUT2D eigenvalue weighted by molar-refractivity contribution is 5.24. The van der Waals surface area contributed by atoms with E-state index in [0.717, 1.165) is 23.9 Å². The van der Waals surface area contributed by atoms with Gasteiger partial charge in [0.15, 0.2) is 11.6 Å². The van der Waals surface area contributed by atoms with E-state index in [4.69, 9.17) is 4.42 Å². The Morgan fingerprint density at radius 2 is 2.05 bits per heavy atom. The van der Waals surface area contributed by atoms with Crippen molar-refractivity contribution in [3.63, 3.8) is 0 Å². The molecule has 0 saturated carbocycles. The molecule has 0 amide bonds. The molecule has 2 rings (SSSR count). The zero-order valence-corrected chi connectivity index (χ0v) is 11.0. The molecule has 1 aromatic heterocycles. The van der Waals surface area contributed by atoms with Gasteiger partial charge in [0.2, 0.25) is 0 Å². The molecule has 0 aliphatic carbocycles. The van der Waals surface area contributed by atoms with Gasteiger partial charge in [-0.05, 0) is 43.1 Å². The number of aryl methyl sites for hydroxylation is 1. The van der Waals surface area contributed by atoms with Crippen LogP contribution in [0.5, 0.6) is 0 Å². The van der Waals surface area contributed by atoms with Gasteiger partial charge in [-0.15, -0.1) is 0 Å². The van der Waals surface area contributed by atoms with Crippen LogP contribution in [0.2, 0.25) is 0 Å². The summed E-state index contributed by atoms with van der Waals surface area (Å²) in [6, 6.07) is 5.95. The third-order valence-corrected chi connectivity index (χ3v) is 3.12. The van der Waals surface area contributed by atoms with Crippen LogP contribution in [0.4, 0.5) is 8.78 Å². The Labute approximate surface area is 111 Å². The van der Waals surface area contributed by atoms with Crippen molar-refractivity contribution in [3.05, 3.63) is 59.1 Å². The van der Waals surface area contributed by atoms with Crippen molar-refractivity contribution in [2.24, 2.45) is 0 Å². The number of hydrogen-bond acceptors (Lipinski definition) is 2. The van der Waals surface area contributed by atoms with Gasteiger partial charge in [-0.3, -0.25) is 0 Å². The summed E-state index contributed by atoms with van der Waals surface area (Å²) in [4.78, 5) is 0. The molecule has 2 nitrogen and oxygen atoms in total. The third-order valence-electron chi connectivity index (χ3n) is 3.12. The standard InChI is InChI=1S/C15H17F2NO/c1-3-18-13(15-10(2)7-8-19-15)9-11-5-4-6-12(16)14(11)17/h4-8,13,18H,3,9H2,1-2H3. The molecule has 0 radical (unpaired) electrons. The first-order valence-corrected chi connectivity index (χ1v) is 6.33. The Bertz CT molecular complexity index is 551. The first-order valence-electron chi connectivity index (χ1n) is 6.33. The summed E-state index contributed by atoms with van der Waals surface area (Å²) in [5.41, 5.74) is 1.35.